The van der Waals surface area contributed by atoms with Gasteiger partial charge in [0.2, 0.25) is 0 Å². The Bertz CT molecular complexity index is 356. The Morgan fingerprint density at radius 1 is 1.38 bits per heavy atom. The maximum absolute atomic E-state index is 5.64. The molecule has 0 unspecified atom stereocenters. The first kappa shape index (κ1) is 11.6. The lowest BCUT2D eigenvalue weighted by atomic mass is 10.0. The molecule has 0 aromatic heterocycles. The van der Waals surface area contributed by atoms with E-state index in [-0.39, 0.29) is 0 Å². The third-order valence-corrected chi connectivity index (χ3v) is 3.49. The van der Waals surface area contributed by atoms with Gasteiger partial charge in [-0.1, -0.05) is 25.1 Å². The molecule has 0 atom stereocenters. The fraction of sp³-hybridized carbons (Fsp3) is 0.571. The minimum Gasteiger partial charge on any atom is -0.326 e. The van der Waals surface area contributed by atoms with Gasteiger partial charge in [0.1, 0.15) is 0 Å². The molecule has 2 nitrogen and oxygen atoms in total. The van der Waals surface area contributed by atoms with Gasteiger partial charge in [-0.25, -0.2) is 0 Å². The molecule has 1 aromatic rings. The van der Waals surface area contributed by atoms with Gasteiger partial charge in [0.05, 0.1) is 0 Å². The summed E-state index contributed by atoms with van der Waals surface area (Å²) in [5, 5.41) is 0. The van der Waals surface area contributed by atoms with Crippen LogP contribution >= 0.6 is 0 Å². The average molecular weight is 218 g/mol. The third-order valence-electron chi connectivity index (χ3n) is 3.49. The molecule has 0 bridgehead atoms. The first-order valence-corrected chi connectivity index (χ1v) is 6.27. The van der Waals surface area contributed by atoms with E-state index in [9.17, 15) is 0 Å². The Kier molecular flexibility index (Phi) is 3.62. The molecule has 1 saturated carbocycles. The van der Waals surface area contributed by atoms with E-state index in [1.807, 2.05) is 0 Å². The van der Waals surface area contributed by atoms with Crippen LogP contribution in [0, 0.1) is 6.92 Å². The molecule has 0 heterocycles. The predicted octanol–water partition coefficient (Wildman–Crippen LogP) is 2.44. The lowest BCUT2D eigenvalue weighted by Gasteiger charge is -2.21. The van der Waals surface area contributed by atoms with Crippen LogP contribution in [0.1, 0.15) is 36.5 Å². The van der Waals surface area contributed by atoms with E-state index in [0.29, 0.717) is 6.54 Å². The van der Waals surface area contributed by atoms with Crippen molar-refractivity contribution in [2.24, 2.45) is 5.73 Å². The van der Waals surface area contributed by atoms with Gasteiger partial charge in [-0.15, -0.1) is 0 Å². The maximum atomic E-state index is 5.64. The van der Waals surface area contributed by atoms with Crippen LogP contribution in [0.2, 0.25) is 0 Å². The van der Waals surface area contributed by atoms with E-state index in [4.69, 9.17) is 5.73 Å². The van der Waals surface area contributed by atoms with Crippen molar-refractivity contribution in [3.63, 3.8) is 0 Å². The average Bonchev–Trinajstić information content (AvgIpc) is 3.11. The SMILES string of the molecule is CCN(Cc1ccc(CN)cc1C)C1CC1. The first-order chi connectivity index (χ1) is 7.74. The summed E-state index contributed by atoms with van der Waals surface area (Å²) in [6.45, 7) is 7.33. The zero-order valence-electron chi connectivity index (χ0n) is 10.4. The van der Waals surface area contributed by atoms with Crippen molar-refractivity contribution in [2.45, 2.75) is 45.8 Å². The molecule has 2 heteroatoms. The van der Waals surface area contributed by atoms with Gasteiger partial charge >= 0.3 is 0 Å². The molecule has 0 radical (unpaired) electrons. The van der Waals surface area contributed by atoms with E-state index in [0.717, 1.165) is 19.1 Å². The highest BCUT2D eigenvalue weighted by Crippen LogP contribution is 2.28. The Hall–Kier alpha value is -0.860. The van der Waals surface area contributed by atoms with Gasteiger partial charge in [0, 0.05) is 19.1 Å². The molecule has 16 heavy (non-hydrogen) atoms. The van der Waals surface area contributed by atoms with Crippen LogP contribution < -0.4 is 5.73 Å². The van der Waals surface area contributed by atoms with E-state index in [2.05, 4.69) is 36.9 Å². The summed E-state index contributed by atoms with van der Waals surface area (Å²) in [4.78, 5) is 2.57. The molecular weight excluding hydrogens is 196 g/mol. The summed E-state index contributed by atoms with van der Waals surface area (Å²) in [5.74, 6) is 0. The van der Waals surface area contributed by atoms with Crippen LogP contribution in [0.3, 0.4) is 0 Å². The smallest absolute Gasteiger partial charge is 0.0239 e. The lowest BCUT2D eigenvalue weighted by Crippen LogP contribution is -2.25. The molecule has 0 spiro atoms. The highest BCUT2D eigenvalue weighted by molar-refractivity contribution is 5.31. The number of rotatable bonds is 5. The Labute approximate surface area is 98.4 Å². The molecule has 1 aromatic carbocycles. The minimum absolute atomic E-state index is 0.640. The van der Waals surface area contributed by atoms with E-state index < -0.39 is 0 Å². The number of nitrogens with two attached hydrogens (primary N) is 1. The minimum atomic E-state index is 0.640. The molecule has 1 fully saturated rings. The standard InChI is InChI=1S/C14H22N2/c1-3-16(14-6-7-14)10-13-5-4-12(9-15)8-11(13)2/h4-5,8,14H,3,6-7,9-10,15H2,1-2H3. The van der Waals surface area contributed by atoms with Crippen molar-refractivity contribution < 1.29 is 0 Å². The van der Waals surface area contributed by atoms with Crippen molar-refractivity contribution in [1.29, 1.82) is 0 Å². The molecule has 0 amide bonds. The van der Waals surface area contributed by atoms with Crippen LogP contribution in [0.15, 0.2) is 18.2 Å². The molecule has 1 aliphatic carbocycles. The Morgan fingerprint density at radius 2 is 2.12 bits per heavy atom. The number of hydrogen-bond acceptors (Lipinski definition) is 2. The quantitative estimate of drug-likeness (QED) is 0.822. The molecular formula is C14H22N2. The highest BCUT2D eigenvalue weighted by Gasteiger charge is 2.27. The van der Waals surface area contributed by atoms with Gasteiger partial charge in [-0.2, -0.15) is 0 Å². The van der Waals surface area contributed by atoms with Gasteiger partial charge in [-0.05, 0) is 43.0 Å². The predicted molar refractivity (Wildman–Crippen MR) is 68.2 cm³/mol. The van der Waals surface area contributed by atoms with Crippen molar-refractivity contribution >= 4 is 0 Å². The van der Waals surface area contributed by atoms with E-state index in [1.54, 1.807) is 0 Å². The van der Waals surface area contributed by atoms with Crippen molar-refractivity contribution in [3.05, 3.63) is 34.9 Å². The largest absolute Gasteiger partial charge is 0.326 e. The van der Waals surface area contributed by atoms with Crippen LogP contribution in [0.5, 0.6) is 0 Å². The molecule has 1 aliphatic rings. The van der Waals surface area contributed by atoms with Crippen LogP contribution in [0.25, 0.3) is 0 Å². The molecule has 0 aliphatic heterocycles. The summed E-state index contributed by atoms with van der Waals surface area (Å²) in [6, 6.07) is 7.46. The maximum Gasteiger partial charge on any atom is 0.0239 e. The topological polar surface area (TPSA) is 29.3 Å². The van der Waals surface area contributed by atoms with Crippen molar-refractivity contribution in [2.75, 3.05) is 6.54 Å². The highest BCUT2D eigenvalue weighted by atomic mass is 15.2. The zero-order valence-corrected chi connectivity index (χ0v) is 10.4. The number of aryl methyl sites for hydroxylation is 1. The summed E-state index contributed by atoms with van der Waals surface area (Å²) in [7, 11) is 0. The molecule has 0 saturated heterocycles. The number of nitrogens with zero attached hydrogens (tertiary/aromatic N) is 1. The molecule has 88 valence electrons. The van der Waals surface area contributed by atoms with Crippen molar-refractivity contribution in [3.8, 4) is 0 Å². The zero-order chi connectivity index (χ0) is 11.5. The molecule has 2 N–H and O–H groups in total. The van der Waals surface area contributed by atoms with Gasteiger partial charge < -0.3 is 5.73 Å². The normalized spacial score (nSPS) is 15.8. The Morgan fingerprint density at radius 3 is 2.62 bits per heavy atom. The lowest BCUT2D eigenvalue weighted by molar-refractivity contribution is 0.269. The van der Waals surface area contributed by atoms with Crippen LogP contribution in [-0.4, -0.2) is 17.5 Å². The third kappa shape index (κ3) is 2.63. The van der Waals surface area contributed by atoms with E-state index >= 15 is 0 Å². The molecule has 2 rings (SSSR count). The van der Waals surface area contributed by atoms with Crippen LogP contribution in [-0.2, 0) is 13.1 Å². The second kappa shape index (κ2) is 4.98. The second-order valence-corrected chi connectivity index (χ2v) is 4.76. The van der Waals surface area contributed by atoms with Gasteiger partial charge in [0.15, 0.2) is 0 Å². The first-order valence-electron chi connectivity index (χ1n) is 6.27. The van der Waals surface area contributed by atoms with Gasteiger partial charge in [-0.3, -0.25) is 4.90 Å². The van der Waals surface area contributed by atoms with Crippen LogP contribution in [0.4, 0.5) is 0 Å². The summed E-state index contributed by atoms with van der Waals surface area (Å²) < 4.78 is 0. The van der Waals surface area contributed by atoms with Crippen molar-refractivity contribution in [1.82, 2.24) is 4.90 Å². The summed E-state index contributed by atoms with van der Waals surface area (Å²) in [6.07, 6.45) is 2.77. The van der Waals surface area contributed by atoms with Gasteiger partial charge in [0.25, 0.3) is 0 Å². The number of benzene rings is 1. The summed E-state index contributed by atoms with van der Waals surface area (Å²) in [5.41, 5.74) is 9.70. The Balaban J connectivity index is 2.07. The second-order valence-electron chi connectivity index (χ2n) is 4.76. The number of hydrogen-bond donors (Lipinski definition) is 1. The van der Waals surface area contributed by atoms with E-state index in [1.165, 1.54) is 29.5 Å². The summed E-state index contributed by atoms with van der Waals surface area (Å²) >= 11 is 0. The fourth-order valence-corrected chi connectivity index (χ4v) is 2.22. The fourth-order valence-electron chi connectivity index (χ4n) is 2.22. The monoisotopic (exact) mass is 218 g/mol.